The van der Waals surface area contributed by atoms with Crippen LogP contribution in [-0.2, 0) is 20.9 Å². The van der Waals surface area contributed by atoms with Crippen LogP contribution in [0.15, 0.2) is 21.7 Å². The van der Waals surface area contributed by atoms with E-state index in [1.807, 2.05) is 19.1 Å². The van der Waals surface area contributed by atoms with Crippen molar-refractivity contribution in [1.29, 1.82) is 0 Å². The predicted molar refractivity (Wildman–Crippen MR) is 106 cm³/mol. The van der Waals surface area contributed by atoms with Gasteiger partial charge in [-0.1, -0.05) is 25.5 Å². The summed E-state index contributed by atoms with van der Waals surface area (Å²) < 4.78 is 6.41. The molecule has 0 fully saturated rings. The van der Waals surface area contributed by atoms with Gasteiger partial charge in [0.05, 0.1) is 5.92 Å². The first-order chi connectivity index (χ1) is 13.4. The average molecular weight is 392 g/mol. The molecule has 1 aromatic rings. The standard InChI is InChI=1S/C19H28N4O5/c1-3-5-11-23-16(20)15(17(25)21-19(23)27)22(4-2)14(24)12-28-18(26)13-9-7-6-8-10-13/h6-7,13H,3-5,8-12,20H2,1-2H3,(H,21,25,27)/t13-/m1/s1. The maximum Gasteiger partial charge on any atom is 0.330 e. The molecule has 0 unspecified atom stereocenters. The summed E-state index contributed by atoms with van der Waals surface area (Å²) in [5.74, 6) is -1.32. The molecule has 0 bridgehead atoms. The molecule has 2 rings (SSSR count). The van der Waals surface area contributed by atoms with Gasteiger partial charge in [-0.2, -0.15) is 0 Å². The van der Waals surface area contributed by atoms with Crippen LogP contribution in [0, 0.1) is 5.92 Å². The number of likely N-dealkylation sites (N-methyl/N-ethyl adjacent to an activating group) is 1. The first kappa shape index (κ1) is 21.5. The number of aromatic amines is 1. The van der Waals surface area contributed by atoms with Gasteiger partial charge < -0.3 is 15.4 Å². The molecule has 1 aliphatic rings. The summed E-state index contributed by atoms with van der Waals surface area (Å²) in [6, 6.07) is 0. The lowest BCUT2D eigenvalue weighted by Gasteiger charge is -2.23. The molecule has 1 amide bonds. The van der Waals surface area contributed by atoms with Gasteiger partial charge in [0.25, 0.3) is 11.5 Å². The Labute approximate surface area is 163 Å². The fraction of sp³-hybridized carbons (Fsp3) is 0.579. The molecule has 154 valence electrons. The molecule has 0 aliphatic heterocycles. The Balaban J connectivity index is 2.18. The smallest absolute Gasteiger partial charge is 0.330 e. The number of ether oxygens (including phenoxy) is 1. The molecule has 1 atom stereocenters. The molecule has 9 nitrogen and oxygen atoms in total. The largest absolute Gasteiger partial charge is 0.455 e. The third-order valence-electron chi connectivity index (χ3n) is 4.78. The van der Waals surface area contributed by atoms with Gasteiger partial charge in [0.15, 0.2) is 12.3 Å². The normalized spacial score (nSPS) is 16.0. The molecule has 0 saturated heterocycles. The molecular formula is C19H28N4O5. The summed E-state index contributed by atoms with van der Waals surface area (Å²) in [5.41, 5.74) is 4.60. The fourth-order valence-corrected chi connectivity index (χ4v) is 3.17. The fourth-order valence-electron chi connectivity index (χ4n) is 3.17. The Kier molecular flexibility index (Phi) is 7.60. The molecule has 0 aromatic carbocycles. The lowest BCUT2D eigenvalue weighted by Crippen LogP contribution is -2.42. The number of nitrogens with one attached hydrogen (secondary N) is 1. The zero-order chi connectivity index (χ0) is 20.7. The van der Waals surface area contributed by atoms with E-state index >= 15 is 0 Å². The summed E-state index contributed by atoms with van der Waals surface area (Å²) in [4.78, 5) is 52.5. The van der Waals surface area contributed by atoms with E-state index in [9.17, 15) is 19.2 Å². The molecular weight excluding hydrogens is 364 g/mol. The van der Waals surface area contributed by atoms with Crippen molar-refractivity contribution >= 4 is 23.4 Å². The Morgan fingerprint density at radius 3 is 2.68 bits per heavy atom. The lowest BCUT2D eigenvalue weighted by molar-refractivity contribution is -0.152. The van der Waals surface area contributed by atoms with Crippen LogP contribution in [0.3, 0.4) is 0 Å². The van der Waals surface area contributed by atoms with Gasteiger partial charge in [0.1, 0.15) is 5.82 Å². The zero-order valence-electron chi connectivity index (χ0n) is 16.4. The number of carbonyl (C=O) groups excluding carboxylic acids is 2. The number of nitrogen functional groups attached to an aromatic ring is 1. The van der Waals surface area contributed by atoms with Gasteiger partial charge >= 0.3 is 11.7 Å². The summed E-state index contributed by atoms with van der Waals surface area (Å²) in [6.45, 7) is 3.63. The molecule has 0 spiro atoms. The monoisotopic (exact) mass is 392 g/mol. The van der Waals surface area contributed by atoms with Crippen LogP contribution >= 0.6 is 0 Å². The highest BCUT2D eigenvalue weighted by Crippen LogP contribution is 2.20. The molecule has 3 N–H and O–H groups in total. The van der Waals surface area contributed by atoms with Crippen LogP contribution in [-0.4, -0.2) is 34.6 Å². The van der Waals surface area contributed by atoms with E-state index in [1.54, 1.807) is 6.92 Å². The maximum absolute atomic E-state index is 12.6. The number of H-pyrrole nitrogens is 1. The number of hydrogen-bond acceptors (Lipinski definition) is 6. The van der Waals surface area contributed by atoms with Crippen LogP contribution in [0.4, 0.5) is 11.5 Å². The van der Waals surface area contributed by atoms with Gasteiger partial charge in [-0.25, -0.2) is 4.79 Å². The molecule has 1 aromatic heterocycles. The highest BCUT2D eigenvalue weighted by molar-refractivity contribution is 5.97. The van der Waals surface area contributed by atoms with Crippen molar-refractivity contribution in [3.63, 3.8) is 0 Å². The second-order valence-corrected chi connectivity index (χ2v) is 6.73. The molecule has 9 heteroatoms. The molecule has 28 heavy (non-hydrogen) atoms. The number of esters is 1. The minimum Gasteiger partial charge on any atom is -0.455 e. The number of unbranched alkanes of at least 4 members (excludes halogenated alkanes) is 1. The first-order valence-electron chi connectivity index (χ1n) is 9.65. The summed E-state index contributed by atoms with van der Waals surface area (Å²) in [6.07, 6.45) is 7.56. The van der Waals surface area contributed by atoms with Crippen LogP contribution in [0.25, 0.3) is 0 Å². The minimum atomic E-state index is -0.741. The number of allylic oxidation sites excluding steroid dienone is 2. The number of nitrogens with two attached hydrogens (primary N) is 1. The Hall–Kier alpha value is -2.84. The van der Waals surface area contributed by atoms with E-state index < -0.39 is 29.7 Å². The number of hydrogen-bond donors (Lipinski definition) is 2. The van der Waals surface area contributed by atoms with E-state index in [0.717, 1.165) is 17.7 Å². The number of amides is 1. The SMILES string of the molecule is CCCCn1c(N)c(N(CC)C(=O)COC(=O)[C@@H]2CC=CCC2)c(=O)[nH]c1=O. The summed E-state index contributed by atoms with van der Waals surface area (Å²) in [7, 11) is 0. The number of aromatic nitrogens is 2. The van der Waals surface area contributed by atoms with E-state index in [-0.39, 0.29) is 24.0 Å². The molecule has 1 aliphatic carbocycles. The van der Waals surface area contributed by atoms with E-state index in [2.05, 4.69) is 4.98 Å². The van der Waals surface area contributed by atoms with Gasteiger partial charge in [0.2, 0.25) is 0 Å². The lowest BCUT2D eigenvalue weighted by atomic mass is 9.95. The molecule has 0 radical (unpaired) electrons. The third kappa shape index (κ3) is 4.90. The Morgan fingerprint density at radius 1 is 1.32 bits per heavy atom. The molecule has 1 heterocycles. The first-order valence-corrected chi connectivity index (χ1v) is 9.65. The van der Waals surface area contributed by atoms with Crippen molar-refractivity contribution in [3.8, 4) is 0 Å². The maximum atomic E-state index is 12.6. The summed E-state index contributed by atoms with van der Waals surface area (Å²) >= 11 is 0. The number of rotatable bonds is 8. The number of carbonyl (C=O) groups is 2. The predicted octanol–water partition coefficient (Wildman–Crippen LogP) is 1.17. The number of nitrogens with zero attached hydrogens (tertiary/aromatic N) is 2. The number of anilines is 2. The quantitative estimate of drug-likeness (QED) is 0.505. The third-order valence-corrected chi connectivity index (χ3v) is 4.78. The van der Waals surface area contributed by atoms with Gasteiger partial charge in [0, 0.05) is 13.1 Å². The van der Waals surface area contributed by atoms with Crippen molar-refractivity contribution in [2.45, 2.75) is 52.5 Å². The highest BCUT2D eigenvalue weighted by Gasteiger charge is 2.26. The van der Waals surface area contributed by atoms with Gasteiger partial charge in [-0.05, 0) is 32.6 Å². The van der Waals surface area contributed by atoms with Crippen molar-refractivity contribution in [1.82, 2.24) is 9.55 Å². The van der Waals surface area contributed by atoms with E-state index in [4.69, 9.17) is 10.5 Å². The second kappa shape index (κ2) is 9.91. The van der Waals surface area contributed by atoms with E-state index in [0.29, 0.717) is 25.8 Å². The van der Waals surface area contributed by atoms with Crippen molar-refractivity contribution < 1.29 is 14.3 Å². The van der Waals surface area contributed by atoms with Crippen LogP contribution in [0.5, 0.6) is 0 Å². The van der Waals surface area contributed by atoms with Crippen LogP contribution < -0.4 is 21.9 Å². The van der Waals surface area contributed by atoms with Crippen molar-refractivity contribution in [2.24, 2.45) is 5.92 Å². The topological polar surface area (TPSA) is 127 Å². The van der Waals surface area contributed by atoms with Crippen LogP contribution in [0.1, 0.15) is 46.0 Å². The highest BCUT2D eigenvalue weighted by atomic mass is 16.5. The zero-order valence-corrected chi connectivity index (χ0v) is 16.4. The minimum absolute atomic E-state index is 0.0684. The van der Waals surface area contributed by atoms with Crippen LogP contribution in [0.2, 0.25) is 0 Å². The van der Waals surface area contributed by atoms with Gasteiger partial charge in [-0.15, -0.1) is 0 Å². The van der Waals surface area contributed by atoms with Crippen molar-refractivity contribution in [3.05, 3.63) is 33.0 Å². The Morgan fingerprint density at radius 2 is 2.07 bits per heavy atom. The Bertz CT molecular complexity index is 855. The average Bonchev–Trinajstić information content (AvgIpc) is 2.69. The molecule has 0 saturated carbocycles. The van der Waals surface area contributed by atoms with Gasteiger partial charge in [-0.3, -0.25) is 23.9 Å². The second-order valence-electron chi connectivity index (χ2n) is 6.73. The van der Waals surface area contributed by atoms with Crippen molar-refractivity contribution in [2.75, 3.05) is 23.8 Å². The summed E-state index contributed by atoms with van der Waals surface area (Å²) in [5, 5.41) is 0. The van der Waals surface area contributed by atoms with E-state index in [1.165, 1.54) is 4.57 Å².